The number of nitriles is 2. The molecule has 2 aromatic heterocycles. The Morgan fingerprint density at radius 2 is 2.15 bits per heavy atom. The Labute approximate surface area is 115 Å². The van der Waals surface area contributed by atoms with Gasteiger partial charge in [0.05, 0.1) is 12.3 Å². The summed E-state index contributed by atoms with van der Waals surface area (Å²) in [7, 11) is 0. The third kappa shape index (κ3) is 2.38. The molecule has 2 heterocycles. The van der Waals surface area contributed by atoms with Crippen LogP contribution in [-0.2, 0) is 0 Å². The standard InChI is InChI=1S/C13H12N6O/c1-2-5-20-13-9(16)3-4-12(18-13)19-8-17-10(6-14)11(19)7-15/h3-4,8H,2,5,16H2,1H3. The van der Waals surface area contributed by atoms with Crippen molar-refractivity contribution >= 4 is 5.69 Å². The number of aromatic nitrogens is 3. The molecule has 0 saturated heterocycles. The van der Waals surface area contributed by atoms with E-state index in [1.165, 1.54) is 10.9 Å². The number of pyridine rings is 1. The smallest absolute Gasteiger partial charge is 0.239 e. The van der Waals surface area contributed by atoms with Gasteiger partial charge in [-0.05, 0) is 18.6 Å². The summed E-state index contributed by atoms with van der Waals surface area (Å²) in [5.41, 5.74) is 6.39. The van der Waals surface area contributed by atoms with E-state index in [9.17, 15) is 0 Å². The summed E-state index contributed by atoms with van der Waals surface area (Å²) < 4.78 is 6.86. The molecular formula is C13H12N6O. The highest BCUT2D eigenvalue weighted by atomic mass is 16.5. The minimum atomic E-state index is 0.0575. The fourth-order valence-corrected chi connectivity index (χ4v) is 1.60. The van der Waals surface area contributed by atoms with Crippen molar-refractivity contribution in [1.29, 1.82) is 10.5 Å². The number of rotatable bonds is 4. The molecule has 100 valence electrons. The molecule has 0 aliphatic heterocycles. The van der Waals surface area contributed by atoms with Crippen LogP contribution in [0.2, 0.25) is 0 Å². The van der Waals surface area contributed by atoms with Gasteiger partial charge in [0, 0.05) is 0 Å². The van der Waals surface area contributed by atoms with Crippen LogP contribution in [0.3, 0.4) is 0 Å². The second kappa shape index (κ2) is 5.72. The monoisotopic (exact) mass is 268 g/mol. The normalized spacial score (nSPS) is 9.75. The molecule has 0 aromatic carbocycles. The number of ether oxygens (including phenoxy) is 1. The molecule has 0 radical (unpaired) electrons. The van der Waals surface area contributed by atoms with Crippen LogP contribution in [0.1, 0.15) is 24.7 Å². The third-order valence-electron chi connectivity index (χ3n) is 2.54. The van der Waals surface area contributed by atoms with Gasteiger partial charge in [0.1, 0.15) is 24.3 Å². The number of nitrogens with zero attached hydrogens (tertiary/aromatic N) is 5. The van der Waals surface area contributed by atoms with Crippen LogP contribution >= 0.6 is 0 Å². The molecule has 20 heavy (non-hydrogen) atoms. The van der Waals surface area contributed by atoms with Gasteiger partial charge in [-0.1, -0.05) is 6.92 Å². The van der Waals surface area contributed by atoms with Crippen molar-refractivity contribution in [3.05, 3.63) is 29.8 Å². The summed E-state index contributed by atoms with van der Waals surface area (Å²) in [6, 6.07) is 7.07. The zero-order valence-corrected chi connectivity index (χ0v) is 10.9. The highest BCUT2D eigenvalue weighted by Gasteiger charge is 2.14. The number of anilines is 1. The fourth-order valence-electron chi connectivity index (χ4n) is 1.60. The average molecular weight is 268 g/mol. The first kappa shape index (κ1) is 13.4. The maximum atomic E-state index is 9.10. The van der Waals surface area contributed by atoms with E-state index in [-0.39, 0.29) is 11.4 Å². The van der Waals surface area contributed by atoms with Crippen molar-refractivity contribution in [1.82, 2.24) is 14.5 Å². The maximum Gasteiger partial charge on any atom is 0.239 e. The van der Waals surface area contributed by atoms with Gasteiger partial charge in [-0.2, -0.15) is 15.5 Å². The van der Waals surface area contributed by atoms with E-state index in [4.69, 9.17) is 21.0 Å². The van der Waals surface area contributed by atoms with E-state index in [1.807, 2.05) is 19.1 Å². The van der Waals surface area contributed by atoms with Crippen molar-refractivity contribution in [2.24, 2.45) is 0 Å². The topological polar surface area (TPSA) is 114 Å². The number of hydrogen-bond acceptors (Lipinski definition) is 6. The van der Waals surface area contributed by atoms with Gasteiger partial charge < -0.3 is 10.5 Å². The van der Waals surface area contributed by atoms with E-state index in [2.05, 4.69) is 9.97 Å². The lowest BCUT2D eigenvalue weighted by Gasteiger charge is -2.09. The van der Waals surface area contributed by atoms with Gasteiger partial charge in [0.15, 0.2) is 11.4 Å². The fraction of sp³-hybridized carbons (Fsp3) is 0.231. The zero-order chi connectivity index (χ0) is 14.5. The molecule has 0 atom stereocenters. The Morgan fingerprint density at radius 3 is 2.80 bits per heavy atom. The van der Waals surface area contributed by atoms with Crippen molar-refractivity contribution in [2.75, 3.05) is 12.3 Å². The SMILES string of the molecule is CCCOc1nc(-n2cnc(C#N)c2C#N)ccc1N. The second-order valence-electron chi connectivity index (χ2n) is 3.95. The van der Waals surface area contributed by atoms with Crippen LogP contribution in [0, 0.1) is 22.7 Å². The van der Waals surface area contributed by atoms with Gasteiger partial charge in [-0.25, -0.2) is 4.98 Å². The van der Waals surface area contributed by atoms with Crippen molar-refractivity contribution in [3.63, 3.8) is 0 Å². The lowest BCUT2D eigenvalue weighted by Crippen LogP contribution is -2.05. The maximum absolute atomic E-state index is 9.10. The summed E-state index contributed by atoms with van der Waals surface area (Å²) in [5, 5.41) is 18.0. The van der Waals surface area contributed by atoms with Crippen LogP contribution in [0.25, 0.3) is 5.82 Å². The molecule has 0 spiro atoms. The van der Waals surface area contributed by atoms with Gasteiger partial charge >= 0.3 is 0 Å². The molecule has 2 aromatic rings. The summed E-state index contributed by atoms with van der Waals surface area (Å²) >= 11 is 0. The predicted molar refractivity (Wildman–Crippen MR) is 71.0 cm³/mol. The van der Waals surface area contributed by atoms with Gasteiger partial charge in [0.2, 0.25) is 5.88 Å². The molecule has 2 rings (SSSR count). The van der Waals surface area contributed by atoms with E-state index < -0.39 is 0 Å². The zero-order valence-electron chi connectivity index (χ0n) is 10.9. The number of nitrogens with two attached hydrogens (primary N) is 1. The minimum absolute atomic E-state index is 0.0575. The summed E-state index contributed by atoms with van der Waals surface area (Å²) in [5.74, 6) is 0.733. The van der Waals surface area contributed by atoms with Crippen molar-refractivity contribution in [2.45, 2.75) is 13.3 Å². The number of nitrogen functional groups attached to an aromatic ring is 1. The quantitative estimate of drug-likeness (QED) is 0.896. The van der Waals surface area contributed by atoms with E-state index in [0.717, 1.165) is 6.42 Å². The highest BCUT2D eigenvalue weighted by Crippen LogP contribution is 2.22. The number of imidazole rings is 1. The Kier molecular flexibility index (Phi) is 3.82. The number of hydrogen-bond donors (Lipinski definition) is 1. The summed E-state index contributed by atoms with van der Waals surface area (Å²) in [4.78, 5) is 8.11. The summed E-state index contributed by atoms with van der Waals surface area (Å²) in [6.07, 6.45) is 2.21. The molecular weight excluding hydrogens is 256 g/mol. The molecule has 2 N–H and O–H groups in total. The van der Waals surface area contributed by atoms with E-state index in [1.54, 1.807) is 12.1 Å². The molecule has 7 nitrogen and oxygen atoms in total. The Bertz CT molecular complexity index is 707. The van der Waals surface area contributed by atoms with Crippen LogP contribution in [0.5, 0.6) is 5.88 Å². The first-order valence-electron chi connectivity index (χ1n) is 5.98. The third-order valence-corrected chi connectivity index (χ3v) is 2.54. The Hall–Kier alpha value is -3.06. The van der Waals surface area contributed by atoms with Gasteiger partial charge in [-0.3, -0.25) is 4.57 Å². The molecule has 0 aliphatic rings. The molecule has 0 aliphatic carbocycles. The molecule has 7 heteroatoms. The molecule has 0 saturated carbocycles. The van der Waals surface area contributed by atoms with E-state index >= 15 is 0 Å². The lowest BCUT2D eigenvalue weighted by molar-refractivity contribution is 0.307. The Balaban J connectivity index is 2.46. The molecule has 0 unspecified atom stereocenters. The first-order chi connectivity index (χ1) is 9.71. The van der Waals surface area contributed by atoms with Crippen LogP contribution in [0.4, 0.5) is 5.69 Å². The second-order valence-corrected chi connectivity index (χ2v) is 3.95. The largest absolute Gasteiger partial charge is 0.476 e. The van der Waals surface area contributed by atoms with Crippen LogP contribution in [-0.4, -0.2) is 21.1 Å². The van der Waals surface area contributed by atoms with Crippen molar-refractivity contribution in [3.8, 4) is 23.8 Å². The Morgan fingerprint density at radius 1 is 1.35 bits per heavy atom. The lowest BCUT2D eigenvalue weighted by atomic mass is 10.3. The highest BCUT2D eigenvalue weighted by molar-refractivity contribution is 5.52. The van der Waals surface area contributed by atoms with Gasteiger partial charge in [-0.15, -0.1) is 0 Å². The van der Waals surface area contributed by atoms with Gasteiger partial charge in [0.25, 0.3) is 0 Å². The van der Waals surface area contributed by atoms with E-state index in [0.29, 0.717) is 24.0 Å². The first-order valence-corrected chi connectivity index (χ1v) is 5.98. The van der Waals surface area contributed by atoms with Crippen LogP contribution in [0.15, 0.2) is 18.5 Å². The summed E-state index contributed by atoms with van der Waals surface area (Å²) in [6.45, 7) is 2.47. The minimum Gasteiger partial charge on any atom is -0.476 e. The van der Waals surface area contributed by atoms with Crippen molar-refractivity contribution < 1.29 is 4.74 Å². The molecule has 0 bridgehead atoms. The molecule has 0 amide bonds. The predicted octanol–water partition coefficient (Wildman–Crippen LogP) is 1.38. The average Bonchev–Trinajstić information content (AvgIpc) is 2.89. The molecule has 0 fully saturated rings. The van der Waals surface area contributed by atoms with Crippen LogP contribution < -0.4 is 10.5 Å².